The minimum Gasteiger partial charge on any atom is -0.394 e. The summed E-state index contributed by atoms with van der Waals surface area (Å²) in [5.74, 6) is 0.540. The lowest BCUT2D eigenvalue weighted by atomic mass is 10.0. The molecule has 3 rings (SSSR count). The van der Waals surface area contributed by atoms with Crippen molar-refractivity contribution in [2.24, 2.45) is 0 Å². The highest BCUT2D eigenvalue weighted by atomic mass is 16.3. The van der Waals surface area contributed by atoms with Crippen molar-refractivity contribution in [3.63, 3.8) is 0 Å². The van der Waals surface area contributed by atoms with Crippen LogP contribution in [-0.4, -0.2) is 45.1 Å². The van der Waals surface area contributed by atoms with E-state index >= 15 is 0 Å². The number of carbonyl (C=O) groups excluding carboxylic acids is 1. The van der Waals surface area contributed by atoms with E-state index < -0.39 is 0 Å². The van der Waals surface area contributed by atoms with Gasteiger partial charge in [-0.1, -0.05) is 30.3 Å². The van der Waals surface area contributed by atoms with Crippen molar-refractivity contribution in [3.8, 4) is 11.4 Å². The first-order chi connectivity index (χ1) is 11.2. The molecule has 0 bridgehead atoms. The van der Waals surface area contributed by atoms with Crippen LogP contribution in [-0.2, 0) is 0 Å². The number of aryl methyl sites for hydroxylation is 1. The first kappa shape index (κ1) is 15.6. The molecule has 1 saturated heterocycles. The molecule has 1 aliphatic rings. The van der Waals surface area contributed by atoms with Gasteiger partial charge in [-0.25, -0.2) is 9.97 Å². The molecule has 0 radical (unpaired) electrons. The highest BCUT2D eigenvalue weighted by Crippen LogP contribution is 2.21. The van der Waals surface area contributed by atoms with Crippen molar-refractivity contribution in [2.75, 3.05) is 13.2 Å². The van der Waals surface area contributed by atoms with Gasteiger partial charge in [0, 0.05) is 18.3 Å². The Hall–Kier alpha value is -2.27. The lowest BCUT2D eigenvalue weighted by Crippen LogP contribution is -2.45. The van der Waals surface area contributed by atoms with E-state index in [1.54, 1.807) is 11.1 Å². The Labute approximate surface area is 136 Å². The Morgan fingerprint density at radius 3 is 2.78 bits per heavy atom. The van der Waals surface area contributed by atoms with Crippen molar-refractivity contribution in [2.45, 2.75) is 32.2 Å². The molecule has 2 heterocycles. The average molecular weight is 311 g/mol. The van der Waals surface area contributed by atoms with E-state index in [9.17, 15) is 9.90 Å². The first-order valence-corrected chi connectivity index (χ1v) is 8.01. The van der Waals surface area contributed by atoms with Gasteiger partial charge in [0.2, 0.25) is 0 Å². The topological polar surface area (TPSA) is 66.3 Å². The lowest BCUT2D eigenvalue weighted by Gasteiger charge is -2.34. The third-order valence-electron chi connectivity index (χ3n) is 4.34. The SMILES string of the molecule is Cc1nc(-c2ccccc2)ncc1C(=O)N1CCCCC1CO. The highest BCUT2D eigenvalue weighted by molar-refractivity contribution is 5.95. The third kappa shape index (κ3) is 3.24. The van der Waals surface area contributed by atoms with Crippen molar-refractivity contribution in [1.29, 1.82) is 0 Å². The predicted molar refractivity (Wildman–Crippen MR) is 88.0 cm³/mol. The standard InChI is InChI=1S/C18H21N3O2/c1-13-16(18(23)21-10-6-5-9-15(21)12-22)11-19-17(20-13)14-7-3-2-4-8-14/h2-4,7-8,11,15,22H,5-6,9-10,12H2,1H3. The fourth-order valence-electron chi connectivity index (χ4n) is 3.02. The number of aliphatic hydroxyl groups excluding tert-OH is 1. The summed E-state index contributed by atoms with van der Waals surface area (Å²) in [5.41, 5.74) is 2.12. The maximum Gasteiger partial charge on any atom is 0.257 e. The Balaban J connectivity index is 1.87. The van der Waals surface area contributed by atoms with Crippen LogP contribution in [0, 0.1) is 6.92 Å². The smallest absolute Gasteiger partial charge is 0.257 e. The molecule has 0 saturated carbocycles. The van der Waals surface area contributed by atoms with Gasteiger partial charge in [-0.05, 0) is 26.2 Å². The van der Waals surface area contributed by atoms with E-state index in [4.69, 9.17) is 0 Å². The summed E-state index contributed by atoms with van der Waals surface area (Å²) in [6.45, 7) is 2.52. The first-order valence-electron chi connectivity index (χ1n) is 8.01. The molecule has 23 heavy (non-hydrogen) atoms. The third-order valence-corrected chi connectivity index (χ3v) is 4.34. The van der Waals surface area contributed by atoms with Crippen molar-refractivity contribution < 1.29 is 9.90 Å². The fraction of sp³-hybridized carbons (Fsp3) is 0.389. The van der Waals surface area contributed by atoms with Gasteiger partial charge in [0.15, 0.2) is 5.82 Å². The summed E-state index contributed by atoms with van der Waals surface area (Å²) < 4.78 is 0. The maximum absolute atomic E-state index is 12.8. The summed E-state index contributed by atoms with van der Waals surface area (Å²) in [4.78, 5) is 23.4. The molecule has 120 valence electrons. The Kier molecular flexibility index (Phi) is 4.67. The number of carbonyl (C=O) groups is 1. The van der Waals surface area contributed by atoms with Gasteiger partial charge in [-0.15, -0.1) is 0 Å². The molecule has 2 aromatic rings. The Bertz CT molecular complexity index is 688. The zero-order chi connectivity index (χ0) is 16.2. The van der Waals surface area contributed by atoms with Gasteiger partial charge in [0.25, 0.3) is 5.91 Å². The number of aliphatic hydroxyl groups is 1. The average Bonchev–Trinajstić information content (AvgIpc) is 2.61. The number of likely N-dealkylation sites (tertiary alicyclic amines) is 1. The zero-order valence-electron chi connectivity index (χ0n) is 13.3. The summed E-state index contributed by atoms with van der Waals surface area (Å²) in [6, 6.07) is 9.62. The van der Waals surface area contributed by atoms with Crippen LogP contribution >= 0.6 is 0 Å². The van der Waals surface area contributed by atoms with E-state index in [1.807, 2.05) is 37.3 Å². The lowest BCUT2D eigenvalue weighted by molar-refractivity contribution is 0.0501. The quantitative estimate of drug-likeness (QED) is 0.945. The molecule has 1 amide bonds. The molecular formula is C18H21N3O2. The van der Waals surface area contributed by atoms with Crippen LogP contribution in [0.3, 0.4) is 0 Å². The highest BCUT2D eigenvalue weighted by Gasteiger charge is 2.28. The van der Waals surface area contributed by atoms with Crippen LogP contribution in [0.15, 0.2) is 36.5 Å². The molecule has 1 N–H and O–H groups in total. The number of rotatable bonds is 3. The molecule has 1 aromatic carbocycles. The minimum atomic E-state index is -0.0931. The van der Waals surface area contributed by atoms with E-state index in [1.165, 1.54) is 0 Å². The van der Waals surface area contributed by atoms with E-state index in [2.05, 4.69) is 9.97 Å². The molecule has 1 aliphatic heterocycles. The van der Waals surface area contributed by atoms with Crippen LogP contribution in [0.25, 0.3) is 11.4 Å². The molecule has 1 fully saturated rings. The number of nitrogens with zero attached hydrogens (tertiary/aromatic N) is 3. The minimum absolute atomic E-state index is 0.00768. The summed E-state index contributed by atoms with van der Waals surface area (Å²) in [7, 11) is 0. The monoisotopic (exact) mass is 311 g/mol. The maximum atomic E-state index is 12.8. The van der Waals surface area contributed by atoms with Gasteiger partial charge in [-0.2, -0.15) is 0 Å². The molecule has 0 spiro atoms. The second-order valence-corrected chi connectivity index (χ2v) is 5.89. The van der Waals surface area contributed by atoms with E-state index in [0.29, 0.717) is 23.6 Å². The second-order valence-electron chi connectivity index (χ2n) is 5.89. The van der Waals surface area contributed by atoms with Crippen LogP contribution in [0.4, 0.5) is 0 Å². The molecule has 5 nitrogen and oxygen atoms in total. The van der Waals surface area contributed by atoms with Crippen LogP contribution < -0.4 is 0 Å². The normalized spacial score (nSPS) is 18.0. The molecule has 1 aromatic heterocycles. The molecule has 1 unspecified atom stereocenters. The summed E-state index contributed by atoms with van der Waals surface area (Å²) in [6.07, 6.45) is 4.49. The van der Waals surface area contributed by atoms with Gasteiger partial charge < -0.3 is 10.0 Å². The number of aromatic nitrogens is 2. The largest absolute Gasteiger partial charge is 0.394 e. The number of benzene rings is 1. The predicted octanol–water partition coefficient (Wildman–Crippen LogP) is 2.44. The molecule has 5 heteroatoms. The van der Waals surface area contributed by atoms with E-state index in [-0.39, 0.29) is 18.6 Å². The zero-order valence-corrected chi connectivity index (χ0v) is 13.3. The Morgan fingerprint density at radius 2 is 2.09 bits per heavy atom. The van der Waals surface area contributed by atoms with Crippen molar-refractivity contribution in [1.82, 2.24) is 14.9 Å². The molecule has 1 atom stereocenters. The number of amides is 1. The Morgan fingerprint density at radius 1 is 1.30 bits per heavy atom. The number of piperidine rings is 1. The van der Waals surface area contributed by atoms with E-state index in [0.717, 1.165) is 24.8 Å². The van der Waals surface area contributed by atoms with Gasteiger partial charge in [-0.3, -0.25) is 4.79 Å². The van der Waals surface area contributed by atoms with Gasteiger partial charge in [0.1, 0.15) is 0 Å². The number of hydrogen-bond donors (Lipinski definition) is 1. The second kappa shape index (κ2) is 6.87. The summed E-state index contributed by atoms with van der Waals surface area (Å²) in [5, 5.41) is 9.49. The van der Waals surface area contributed by atoms with Crippen molar-refractivity contribution in [3.05, 3.63) is 47.8 Å². The van der Waals surface area contributed by atoms with Gasteiger partial charge >= 0.3 is 0 Å². The van der Waals surface area contributed by atoms with Crippen molar-refractivity contribution >= 4 is 5.91 Å². The fourth-order valence-corrected chi connectivity index (χ4v) is 3.02. The van der Waals surface area contributed by atoms with Crippen LogP contribution in [0.5, 0.6) is 0 Å². The summed E-state index contributed by atoms with van der Waals surface area (Å²) >= 11 is 0. The van der Waals surface area contributed by atoms with Crippen LogP contribution in [0.1, 0.15) is 35.3 Å². The number of hydrogen-bond acceptors (Lipinski definition) is 4. The molecule has 0 aliphatic carbocycles. The molecular weight excluding hydrogens is 290 g/mol. The van der Waals surface area contributed by atoms with Gasteiger partial charge in [0.05, 0.1) is 23.9 Å². The van der Waals surface area contributed by atoms with Crippen LogP contribution in [0.2, 0.25) is 0 Å².